The van der Waals surface area contributed by atoms with Crippen molar-refractivity contribution in [3.8, 4) is 0 Å². The fourth-order valence-corrected chi connectivity index (χ4v) is 3.52. The third-order valence-corrected chi connectivity index (χ3v) is 4.73. The molecule has 126 valence electrons. The molecule has 2 aromatic heterocycles. The zero-order valence-electron chi connectivity index (χ0n) is 13.1. The lowest BCUT2D eigenvalue weighted by Gasteiger charge is -2.22. The van der Waals surface area contributed by atoms with Crippen LogP contribution in [-0.4, -0.2) is 33.8 Å². The molecule has 0 saturated carbocycles. The maximum absolute atomic E-state index is 12.2. The summed E-state index contributed by atoms with van der Waals surface area (Å²) in [5.41, 5.74) is 0.442. The van der Waals surface area contributed by atoms with Crippen molar-refractivity contribution in [1.82, 2.24) is 20.1 Å². The van der Waals surface area contributed by atoms with Crippen molar-refractivity contribution in [1.29, 1.82) is 0 Å². The minimum atomic E-state index is -0.195. The molecule has 1 saturated heterocycles. The van der Waals surface area contributed by atoms with Crippen molar-refractivity contribution in [3.05, 3.63) is 29.0 Å². The van der Waals surface area contributed by atoms with Crippen molar-refractivity contribution < 1.29 is 4.79 Å². The van der Waals surface area contributed by atoms with E-state index in [9.17, 15) is 4.79 Å². The molecule has 1 atom stereocenters. The van der Waals surface area contributed by atoms with Crippen LogP contribution in [0.15, 0.2) is 18.5 Å². The minimum absolute atomic E-state index is 0. The number of anilines is 1. The van der Waals surface area contributed by atoms with E-state index >= 15 is 0 Å². The molecule has 2 N–H and O–H groups in total. The van der Waals surface area contributed by atoms with Gasteiger partial charge in [0.1, 0.15) is 0 Å². The second-order valence-corrected chi connectivity index (χ2v) is 6.63. The van der Waals surface area contributed by atoms with E-state index in [4.69, 9.17) is 0 Å². The molecule has 1 aliphatic rings. The summed E-state index contributed by atoms with van der Waals surface area (Å²) in [7, 11) is 0. The van der Waals surface area contributed by atoms with Gasteiger partial charge in [-0.3, -0.25) is 14.8 Å². The maximum Gasteiger partial charge on any atom is 0.277 e. The van der Waals surface area contributed by atoms with Gasteiger partial charge < -0.3 is 5.32 Å². The number of carbonyl (C=O) groups excluding carboxylic acids is 1. The first kappa shape index (κ1) is 17.9. The summed E-state index contributed by atoms with van der Waals surface area (Å²) in [6.07, 6.45) is 8.03. The average Bonchev–Trinajstić information content (AvgIpc) is 3.18. The third-order valence-electron chi connectivity index (χ3n) is 3.76. The lowest BCUT2D eigenvalue weighted by molar-refractivity contribution is 0.102. The lowest BCUT2D eigenvalue weighted by atomic mass is 10.1. The van der Waals surface area contributed by atoms with Crippen molar-refractivity contribution in [2.75, 3.05) is 18.4 Å². The number of thiazole rings is 1. The van der Waals surface area contributed by atoms with Crippen LogP contribution < -0.4 is 10.6 Å². The van der Waals surface area contributed by atoms with Crippen LogP contribution >= 0.6 is 23.7 Å². The molecular formula is C15H22ClN5OS. The van der Waals surface area contributed by atoms with Gasteiger partial charge in [-0.2, -0.15) is 5.10 Å². The molecule has 0 radical (unpaired) electrons. The fraction of sp³-hybridized carbons (Fsp3) is 0.533. The molecule has 8 heteroatoms. The molecule has 1 aliphatic heterocycles. The number of hydrogen-bond acceptors (Lipinski definition) is 5. The molecule has 6 nitrogen and oxygen atoms in total. The summed E-state index contributed by atoms with van der Waals surface area (Å²) in [4.78, 5) is 17.7. The largest absolute Gasteiger partial charge is 0.315 e. The number of piperidine rings is 1. The van der Waals surface area contributed by atoms with Gasteiger partial charge in [0, 0.05) is 23.8 Å². The van der Waals surface area contributed by atoms with E-state index < -0.39 is 0 Å². The molecule has 1 amide bonds. The zero-order chi connectivity index (χ0) is 15.4. The van der Waals surface area contributed by atoms with Gasteiger partial charge >= 0.3 is 0 Å². The molecular weight excluding hydrogens is 334 g/mol. The van der Waals surface area contributed by atoms with Crippen molar-refractivity contribution in [3.63, 3.8) is 0 Å². The molecule has 3 rings (SSSR count). The van der Waals surface area contributed by atoms with Crippen LogP contribution in [0.25, 0.3) is 0 Å². The Hall–Kier alpha value is -1.44. The van der Waals surface area contributed by atoms with E-state index in [0.717, 1.165) is 38.8 Å². The Morgan fingerprint density at radius 3 is 3.17 bits per heavy atom. The highest BCUT2D eigenvalue weighted by Crippen LogP contribution is 2.20. The quantitative estimate of drug-likeness (QED) is 0.865. The predicted octanol–water partition coefficient (Wildman–Crippen LogP) is 2.89. The maximum atomic E-state index is 12.2. The number of nitrogens with one attached hydrogen (secondary N) is 2. The summed E-state index contributed by atoms with van der Waals surface area (Å²) in [6, 6.07) is 2.11. The van der Waals surface area contributed by atoms with Crippen molar-refractivity contribution >= 4 is 34.8 Å². The first-order valence-corrected chi connectivity index (χ1v) is 8.60. The molecule has 23 heavy (non-hydrogen) atoms. The van der Waals surface area contributed by atoms with Crippen LogP contribution in [0.2, 0.25) is 0 Å². The summed E-state index contributed by atoms with van der Waals surface area (Å²) in [6.45, 7) is 4.11. The number of carbonyl (C=O) groups is 1. The van der Waals surface area contributed by atoms with Crippen molar-refractivity contribution in [2.24, 2.45) is 0 Å². The van der Waals surface area contributed by atoms with Crippen LogP contribution in [0, 0.1) is 0 Å². The number of amides is 1. The Bertz CT molecular complexity index is 635. The fourth-order valence-electron chi connectivity index (χ4n) is 2.61. The highest BCUT2D eigenvalue weighted by atomic mass is 35.5. The molecule has 0 aromatic carbocycles. The van der Waals surface area contributed by atoms with Gasteiger partial charge in [-0.1, -0.05) is 13.3 Å². The first-order chi connectivity index (χ1) is 10.8. The molecule has 0 aliphatic carbocycles. The summed E-state index contributed by atoms with van der Waals surface area (Å²) in [5, 5.41) is 11.2. The Labute approximate surface area is 146 Å². The van der Waals surface area contributed by atoms with Gasteiger partial charge in [-0.05, 0) is 31.9 Å². The monoisotopic (exact) mass is 355 g/mol. The van der Waals surface area contributed by atoms with Crippen LogP contribution in [0.1, 0.15) is 47.6 Å². The molecule has 3 heterocycles. The van der Waals surface area contributed by atoms with Gasteiger partial charge in [0.15, 0.2) is 10.8 Å². The molecule has 0 spiro atoms. The minimum Gasteiger partial charge on any atom is -0.315 e. The van der Waals surface area contributed by atoms with E-state index in [1.807, 2.05) is 17.1 Å². The number of rotatable bonds is 5. The Balaban J connectivity index is 0.00000192. The number of nitrogens with zero attached hydrogens (tertiary/aromatic N) is 3. The Morgan fingerprint density at radius 2 is 2.43 bits per heavy atom. The second kappa shape index (κ2) is 8.42. The van der Waals surface area contributed by atoms with Crippen LogP contribution in [0.3, 0.4) is 0 Å². The SMILES string of the molecule is CCCc1cnc(NC(=O)c2ccn(C3CCCNC3)n2)s1.Cl. The lowest BCUT2D eigenvalue weighted by Crippen LogP contribution is -2.32. The molecule has 0 bridgehead atoms. The number of hydrogen-bond donors (Lipinski definition) is 2. The van der Waals surface area contributed by atoms with E-state index in [-0.39, 0.29) is 18.3 Å². The van der Waals surface area contributed by atoms with E-state index in [1.54, 1.807) is 6.07 Å². The third kappa shape index (κ3) is 4.53. The number of halogens is 1. The van der Waals surface area contributed by atoms with Crippen LogP contribution in [0.5, 0.6) is 0 Å². The summed E-state index contributed by atoms with van der Waals surface area (Å²) < 4.78 is 1.89. The van der Waals surface area contributed by atoms with Crippen LogP contribution in [0.4, 0.5) is 5.13 Å². The summed E-state index contributed by atoms with van der Waals surface area (Å²) >= 11 is 1.53. The standard InChI is InChI=1S/C15H21N5OS.ClH/c1-2-4-12-10-17-15(22-12)18-14(21)13-6-8-20(19-13)11-5-3-7-16-9-11;/h6,8,10-11,16H,2-5,7,9H2,1H3,(H,17,18,21);1H. The molecule has 1 unspecified atom stereocenters. The van der Waals surface area contributed by atoms with Crippen LogP contribution in [-0.2, 0) is 6.42 Å². The van der Waals surface area contributed by atoms with Gasteiger partial charge in [-0.15, -0.1) is 23.7 Å². The number of aryl methyl sites for hydroxylation is 1. The van der Waals surface area contributed by atoms with E-state index in [2.05, 4.69) is 27.6 Å². The normalized spacial score (nSPS) is 17.5. The second-order valence-electron chi connectivity index (χ2n) is 5.52. The number of aromatic nitrogens is 3. The van der Waals surface area contributed by atoms with Crippen molar-refractivity contribution in [2.45, 2.75) is 38.6 Å². The van der Waals surface area contributed by atoms with E-state index in [0.29, 0.717) is 16.9 Å². The molecule has 2 aromatic rings. The van der Waals surface area contributed by atoms with E-state index in [1.165, 1.54) is 16.2 Å². The summed E-state index contributed by atoms with van der Waals surface area (Å²) in [5.74, 6) is -0.195. The van der Waals surface area contributed by atoms with Gasteiger partial charge in [-0.25, -0.2) is 4.98 Å². The smallest absolute Gasteiger partial charge is 0.277 e. The average molecular weight is 356 g/mol. The van der Waals surface area contributed by atoms with Gasteiger partial charge in [0.2, 0.25) is 0 Å². The Kier molecular flexibility index (Phi) is 6.56. The molecule has 1 fully saturated rings. The topological polar surface area (TPSA) is 71.8 Å². The highest BCUT2D eigenvalue weighted by molar-refractivity contribution is 7.15. The first-order valence-electron chi connectivity index (χ1n) is 7.78. The zero-order valence-corrected chi connectivity index (χ0v) is 14.8. The predicted molar refractivity (Wildman–Crippen MR) is 94.7 cm³/mol. The van der Waals surface area contributed by atoms with Gasteiger partial charge in [0.05, 0.1) is 6.04 Å². The Morgan fingerprint density at radius 1 is 1.57 bits per heavy atom. The van der Waals surface area contributed by atoms with Gasteiger partial charge in [0.25, 0.3) is 5.91 Å². The highest BCUT2D eigenvalue weighted by Gasteiger charge is 2.18.